The Hall–Kier alpha value is -1.34. The highest BCUT2D eigenvalue weighted by atomic mass is 35.5. The van der Waals surface area contributed by atoms with Gasteiger partial charge < -0.3 is 4.74 Å². The zero-order chi connectivity index (χ0) is 16.3. The summed E-state index contributed by atoms with van der Waals surface area (Å²) in [5.74, 6) is -0.669. The van der Waals surface area contributed by atoms with Gasteiger partial charge in [0.15, 0.2) is 0 Å². The first-order valence-corrected chi connectivity index (χ1v) is 8.10. The van der Waals surface area contributed by atoms with E-state index in [0.717, 1.165) is 0 Å². The van der Waals surface area contributed by atoms with Crippen molar-refractivity contribution in [3.63, 3.8) is 0 Å². The fourth-order valence-electron chi connectivity index (χ4n) is 1.53. The normalized spacial score (nSPS) is 12.0. The van der Waals surface area contributed by atoms with E-state index in [0.29, 0.717) is 16.3 Å². The number of nitrogens with one attached hydrogen (secondary N) is 1. The first-order valence-electron chi connectivity index (χ1n) is 6.17. The lowest BCUT2D eigenvalue weighted by Gasteiger charge is -2.20. The quantitative estimate of drug-likeness (QED) is 0.853. The lowest BCUT2D eigenvalue weighted by atomic mass is 10.1. The molecule has 0 saturated heterocycles. The second-order valence-electron chi connectivity index (χ2n) is 5.42. The van der Waals surface area contributed by atoms with Gasteiger partial charge in [-0.15, -0.1) is 3.89 Å². The Morgan fingerprint density at radius 2 is 2.00 bits per heavy atom. The molecule has 1 aromatic carbocycles. The molecule has 0 aliphatic heterocycles. The van der Waals surface area contributed by atoms with Crippen LogP contribution in [0.3, 0.4) is 0 Å². The van der Waals surface area contributed by atoms with E-state index >= 15 is 0 Å². The summed E-state index contributed by atoms with van der Waals surface area (Å²) in [6.45, 7) is 5.13. The van der Waals surface area contributed by atoms with Gasteiger partial charge in [-0.3, -0.25) is 5.32 Å². The smallest absolute Gasteiger partial charge is 0.412 e. The minimum absolute atomic E-state index is 0.0822. The number of carbonyl (C=O) groups is 1. The van der Waals surface area contributed by atoms with Gasteiger partial charge in [0.1, 0.15) is 5.60 Å². The molecule has 1 N–H and O–H groups in total. The van der Waals surface area contributed by atoms with Crippen molar-refractivity contribution < 1.29 is 21.8 Å². The van der Waals surface area contributed by atoms with E-state index in [-0.39, 0.29) is 6.42 Å². The Morgan fingerprint density at radius 3 is 2.52 bits per heavy atom. The maximum atomic E-state index is 12.6. The molecular weight excluding hydrogens is 321 g/mol. The Morgan fingerprint density at radius 1 is 1.38 bits per heavy atom. The Labute approximate surface area is 128 Å². The van der Waals surface area contributed by atoms with Crippen LogP contribution < -0.4 is 5.32 Å². The van der Waals surface area contributed by atoms with Crippen molar-refractivity contribution in [2.75, 3.05) is 11.1 Å². The van der Waals surface area contributed by atoms with E-state index in [1.807, 2.05) is 0 Å². The number of aryl methyl sites for hydroxylation is 1. The van der Waals surface area contributed by atoms with Crippen LogP contribution in [-0.2, 0) is 21.4 Å². The van der Waals surface area contributed by atoms with Gasteiger partial charge in [0, 0.05) is 10.7 Å². The molecular formula is C13H17ClFNO4S. The van der Waals surface area contributed by atoms with Crippen LogP contribution in [0.2, 0.25) is 5.02 Å². The molecule has 0 atom stereocenters. The fraction of sp³-hybridized carbons (Fsp3) is 0.462. The van der Waals surface area contributed by atoms with Crippen LogP contribution in [0.25, 0.3) is 0 Å². The van der Waals surface area contributed by atoms with Gasteiger partial charge in [-0.1, -0.05) is 17.7 Å². The molecule has 5 nitrogen and oxygen atoms in total. The standard InChI is InChI=1S/C13H17ClFNO4S/c1-13(2,3)20-12(17)16-11-8-10(14)5-4-9(11)6-7-21(15,18)19/h4-5,8H,6-7H2,1-3H3,(H,16,17). The minimum Gasteiger partial charge on any atom is -0.444 e. The lowest BCUT2D eigenvalue weighted by Crippen LogP contribution is -2.27. The van der Waals surface area contributed by atoms with Crippen molar-refractivity contribution in [3.8, 4) is 0 Å². The predicted molar refractivity (Wildman–Crippen MR) is 79.9 cm³/mol. The van der Waals surface area contributed by atoms with Gasteiger partial charge in [-0.2, -0.15) is 8.42 Å². The van der Waals surface area contributed by atoms with Crippen LogP contribution in [0.4, 0.5) is 14.4 Å². The van der Waals surface area contributed by atoms with E-state index in [1.54, 1.807) is 20.8 Å². The molecule has 0 heterocycles. The summed E-state index contributed by atoms with van der Waals surface area (Å²) < 4.78 is 38.9. The van der Waals surface area contributed by atoms with Crippen LogP contribution in [0, 0.1) is 0 Å². The van der Waals surface area contributed by atoms with Gasteiger partial charge in [0.2, 0.25) is 0 Å². The summed E-state index contributed by atoms with van der Waals surface area (Å²) in [4.78, 5) is 11.7. The fourth-order valence-corrected chi connectivity index (χ4v) is 2.16. The highest BCUT2D eigenvalue weighted by molar-refractivity contribution is 7.86. The van der Waals surface area contributed by atoms with E-state index in [1.165, 1.54) is 18.2 Å². The minimum atomic E-state index is -4.58. The number of hydrogen-bond donors (Lipinski definition) is 1. The van der Waals surface area contributed by atoms with E-state index in [4.69, 9.17) is 16.3 Å². The van der Waals surface area contributed by atoms with Crippen molar-refractivity contribution in [2.24, 2.45) is 0 Å². The van der Waals surface area contributed by atoms with Gasteiger partial charge in [0.25, 0.3) is 0 Å². The zero-order valence-corrected chi connectivity index (χ0v) is 13.5. The molecule has 0 aliphatic carbocycles. The van der Waals surface area contributed by atoms with Crippen molar-refractivity contribution in [3.05, 3.63) is 28.8 Å². The molecule has 0 aliphatic rings. The molecule has 0 aromatic heterocycles. The van der Waals surface area contributed by atoms with Crippen molar-refractivity contribution in [2.45, 2.75) is 32.8 Å². The third-order valence-electron chi connectivity index (χ3n) is 2.32. The molecule has 1 rings (SSSR count). The van der Waals surface area contributed by atoms with E-state index in [9.17, 15) is 17.1 Å². The number of hydrogen-bond acceptors (Lipinski definition) is 4. The predicted octanol–water partition coefficient (Wildman–Crippen LogP) is 3.53. The van der Waals surface area contributed by atoms with Crippen LogP contribution in [0.1, 0.15) is 26.3 Å². The number of ether oxygens (including phenoxy) is 1. The Bertz CT molecular complexity index is 626. The SMILES string of the molecule is CC(C)(C)OC(=O)Nc1cc(Cl)ccc1CCS(=O)(=O)F. The average molecular weight is 338 g/mol. The molecule has 0 radical (unpaired) electrons. The molecule has 1 amide bonds. The lowest BCUT2D eigenvalue weighted by molar-refractivity contribution is 0.0636. The molecule has 0 bridgehead atoms. The zero-order valence-electron chi connectivity index (χ0n) is 11.9. The second kappa shape index (κ2) is 6.62. The van der Waals surface area contributed by atoms with Gasteiger partial charge in [-0.25, -0.2) is 4.79 Å². The molecule has 0 spiro atoms. The molecule has 21 heavy (non-hydrogen) atoms. The van der Waals surface area contributed by atoms with Gasteiger partial charge in [-0.05, 0) is 44.9 Å². The molecule has 118 valence electrons. The molecule has 1 aromatic rings. The number of rotatable bonds is 4. The van der Waals surface area contributed by atoms with Gasteiger partial charge in [0.05, 0.1) is 5.75 Å². The molecule has 8 heteroatoms. The van der Waals surface area contributed by atoms with Crippen LogP contribution in [0.5, 0.6) is 0 Å². The number of benzene rings is 1. The Balaban J connectivity index is 2.89. The molecule has 0 saturated carbocycles. The Kier molecular flexibility index (Phi) is 5.58. The second-order valence-corrected chi connectivity index (χ2v) is 7.34. The maximum absolute atomic E-state index is 12.6. The largest absolute Gasteiger partial charge is 0.444 e. The third kappa shape index (κ3) is 7.29. The topological polar surface area (TPSA) is 72.5 Å². The number of halogens is 2. The van der Waals surface area contributed by atoms with E-state index < -0.39 is 27.7 Å². The van der Waals surface area contributed by atoms with Crippen LogP contribution in [0.15, 0.2) is 18.2 Å². The van der Waals surface area contributed by atoms with Gasteiger partial charge >= 0.3 is 16.3 Å². The van der Waals surface area contributed by atoms with Crippen molar-refractivity contribution in [1.82, 2.24) is 0 Å². The first kappa shape index (κ1) is 17.7. The summed E-state index contributed by atoms with van der Waals surface area (Å²) >= 11 is 5.84. The monoisotopic (exact) mass is 337 g/mol. The number of anilines is 1. The molecule has 0 fully saturated rings. The van der Waals surface area contributed by atoms with Crippen molar-refractivity contribution in [1.29, 1.82) is 0 Å². The number of carbonyl (C=O) groups excluding carboxylic acids is 1. The van der Waals surface area contributed by atoms with E-state index in [2.05, 4.69) is 5.32 Å². The average Bonchev–Trinajstić information content (AvgIpc) is 2.23. The van der Waals surface area contributed by atoms with Crippen molar-refractivity contribution >= 4 is 33.6 Å². The summed E-state index contributed by atoms with van der Waals surface area (Å²) in [6.07, 6.45) is -0.782. The summed E-state index contributed by atoms with van der Waals surface area (Å²) in [5, 5.41) is 2.84. The highest BCUT2D eigenvalue weighted by Crippen LogP contribution is 2.23. The third-order valence-corrected chi connectivity index (χ3v) is 3.25. The highest BCUT2D eigenvalue weighted by Gasteiger charge is 2.18. The van der Waals surface area contributed by atoms with Crippen LogP contribution >= 0.6 is 11.6 Å². The first-order chi connectivity index (χ1) is 9.46. The maximum Gasteiger partial charge on any atom is 0.412 e. The van der Waals surface area contributed by atoms with Crippen LogP contribution in [-0.4, -0.2) is 25.9 Å². The summed E-state index contributed by atoms with van der Waals surface area (Å²) in [7, 11) is -4.58. The molecule has 0 unspecified atom stereocenters. The number of amides is 1. The summed E-state index contributed by atoms with van der Waals surface area (Å²) in [5.41, 5.74) is 0.0670. The summed E-state index contributed by atoms with van der Waals surface area (Å²) in [6, 6.07) is 4.51.